The summed E-state index contributed by atoms with van der Waals surface area (Å²) in [5.41, 5.74) is 7.72. The molecule has 0 saturated heterocycles. The number of allylic oxidation sites excluding steroid dienone is 1. The third kappa shape index (κ3) is 7.22. The summed E-state index contributed by atoms with van der Waals surface area (Å²) in [7, 11) is 0. The number of carbonyl (C=O) groups excluding carboxylic acids is 1. The summed E-state index contributed by atoms with van der Waals surface area (Å²) in [5, 5.41) is 10.5. The molecule has 0 fully saturated rings. The van der Waals surface area contributed by atoms with Crippen LogP contribution in [0.3, 0.4) is 0 Å². The molecule has 3 nitrogen and oxygen atoms in total. The van der Waals surface area contributed by atoms with Gasteiger partial charge in [0.25, 0.3) is 0 Å². The van der Waals surface area contributed by atoms with Gasteiger partial charge in [0.2, 0.25) is 0 Å². The van der Waals surface area contributed by atoms with Crippen molar-refractivity contribution in [1.29, 1.82) is 0 Å². The Morgan fingerprint density at radius 1 is 0.913 bits per heavy atom. The molecule has 0 aromatic heterocycles. The van der Waals surface area contributed by atoms with Crippen molar-refractivity contribution in [1.82, 2.24) is 0 Å². The van der Waals surface area contributed by atoms with Crippen molar-refractivity contribution in [3.63, 3.8) is 0 Å². The summed E-state index contributed by atoms with van der Waals surface area (Å²) in [6, 6.07) is 37.3. The average Bonchev–Trinajstić information content (AvgIpc) is 3.09. The van der Waals surface area contributed by atoms with E-state index in [0.717, 1.165) is 28.9 Å². The Morgan fingerprint density at radius 2 is 1.63 bits per heavy atom. The van der Waals surface area contributed by atoms with E-state index < -0.39 is 6.10 Å². The van der Waals surface area contributed by atoms with Crippen LogP contribution in [0.5, 0.6) is 5.75 Å². The second-order valence-corrected chi connectivity index (χ2v) is 13.8. The van der Waals surface area contributed by atoms with Crippen molar-refractivity contribution in [2.24, 2.45) is 0 Å². The van der Waals surface area contributed by atoms with Crippen LogP contribution in [-0.4, -0.2) is 25.8 Å². The molecule has 1 aliphatic carbocycles. The first kappa shape index (κ1) is 31.3. The minimum absolute atomic E-state index is 0.00322. The van der Waals surface area contributed by atoms with Gasteiger partial charge in [0, 0.05) is 0 Å². The summed E-state index contributed by atoms with van der Waals surface area (Å²) in [4.78, 5) is 16.1. The molecule has 228 valence electrons. The van der Waals surface area contributed by atoms with Crippen LogP contribution in [-0.2, 0) is 12.0 Å². The molecule has 6 rings (SSSR count). The van der Waals surface area contributed by atoms with Crippen LogP contribution >= 0.6 is 0 Å². The molecule has 0 radical (unpaired) electrons. The van der Waals surface area contributed by atoms with Gasteiger partial charge in [0.15, 0.2) is 0 Å². The van der Waals surface area contributed by atoms with Gasteiger partial charge in [-0.1, -0.05) is 12.1 Å². The number of aliphatic hydroxyl groups is 1. The van der Waals surface area contributed by atoms with E-state index >= 15 is 0 Å². The Hall–Kier alpha value is -4.72. The molecule has 5 heteroatoms. The van der Waals surface area contributed by atoms with Gasteiger partial charge in [0.1, 0.15) is 5.82 Å². The van der Waals surface area contributed by atoms with Gasteiger partial charge in [-0.05, 0) is 12.1 Å². The Balaban J connectivity index is 1.12. The molecule has 0 bridgehead atoms. The van der Waals surface area contributed by atoms with E-state index in [1.165, 1.54) is 33.3 Å². The Morgan fingerprint density at radius 3 is 2.35 bits per heavy atom. The van der Waals surface area contributed by atoms with Crippen molar-refractivity contribution in [2.75, 3.05) is 0 Å². The summed E-state index contributed by atoms with van der Waals surface area (Å²) >= 11 is -0.0477. The van der Waals surface area contributed by atoms with Crippen molar-refractivity contribution in [2.45, 2.75) is 38.4 Å². The standard InChI is InChI=1S/C41H33FO3Se/c1-41(2)24-22-36(30-14-18-34(19-15-30)45-27-29-10-16-33(42)17-11-29)37-21-20-35(26-38(37)41)46-25-23-28-8-12-32(13-9-28)40(44)39(43)31-6-4-3-5-7-31/h3-22,26,39,43H,24,27H2,1-2H3. The van der Waals surface area contributed by atoms with Gasteiger partial charge in [-0.3, -0.25) is 0 Å². The van der Waals surface area contributed by atoms with Crippen LogP contribution in [0.15, 0.2) is 127 Å². The molecule has 0 saturated carbocycles. The molecule has 1 unspecified atom stereocenters. The number of benzene rings is 5. The number of ether oxygens (including phenoxy) is 1. The zero-order valence-corrected chi connectivity index (χ0v) is 27.4. The van der Waals surface area contributed by atoms with E-state index in [1.54, 1.807) is 48.5 Å². The van der Waals surface area contributed by atoms with E-state index in [-0.39, 0.29) is 32.0 Å². The van der Waals surface area contributed by atoms with Crippen molar-refractivity contribution in [3.05, 3.63) is 172 Å². The fourth-order valence-electron chi connectivity index (χ4n) is 5.52. The SMILES string of the molecule is CC1(C)CC=C(c2ccc(OCc3ccc(F)cc3)cc2)c2ccc([Se]C#Cc3ccc(C(=O)C(O)c4ccccc4)cc3)cc21. The van der Waals surface area contributed by atoms with Crippen LogP contribution in [0, 0.1) is 16.6 Å². The van der Waals surface area contributed by atoms with E-state index in [1.807, 2.05) is 30.3 Å². The first-order valence-corrected chi connectivity index (χ1v) is 16.9. The zero-order chi connectivity index (χ0) is 32.1. The number of aliphatic hydroxyl groups excluding tert-OH is 1. The minimum atomic E-state index is -1.18. The van der Waals surface area contributed by atoms with Crippen LogP contribution in [0.4, 0.5) is 4.39 Å². The molecule has 0 heterocycles. The molecule has 46 heavy (non-hydrogen) atoms. The summed E-state index contributed by atoms with van der Waals surface area (Å²) in [5.74, 6) is 3.44. The number of rotatable bonds is 8. The van der Waals surface area contributed by atoms with Crippen LogP contribution in [0.2, 0.25) is 0 Å². The second kappa shape index (κ2) is 13.7. The summed E-state index contributed by atoms with van der Waals surface area (Å²) in [6.07, 6.45) is 2.08. The normalized spacial score (nSPS) is 13.9. The molecule has 1 aliphatic rings. The molecule has 0 amide bonds. The zero-order valence-electron chi connectivity index (χ0n) is 25.7. The van der Waals surface area contributed by atoms with Gasteiger partial charge in [-0.25, -0.2) is 4.39 Å². The third-order valence-corrected chi connectivity index (χ3v) is 9.66. The number of ketones is 1. The molecule has 0 aliphatic heterocycles. The third-order valence-electron chi connectivity index (χ3n) is 8.21. The molecule has 0 spiro atoms. The van der Waals surface area contributed by atoms with Gasteiger partial charge in [-0.15, -0.1) is 0 Å². The Labute approximate surface area is 275 Å². The fourth-order valence-corrected chi connectivity index (χ4v) is 6.77. The number of Topliss-reactive ketones (excluding diaryl/α,β-unsaturated/α-hetero) is 1. The maximum atomic E-state index is 13.2. The predicted octanol–water partition coefficient (Wildman–Crippen LogP) is 7.77. The van der Waals surface area contributed by atoms with Crippen LogP contribution < -0.4 is 9.20 Å². The maximum absolute atomic E-state index is 13.2. The number of carbonyl (C=O) groups is 1. The molecular weight excluding hydrogens is 638 g/mol. The van der Waals surface area contributed by atoms with Gasteiger partial charge >= 0.3 is 242 Å². The Bertz CT molecular complexity index is 1930. The molecule has 1 atom stereocenters. The van der Waals surface area contributed by atoms with Gasteiger partial charge < -0.3 is 0 Å². The summed E-state index contributed by atoms with van der Waals surface area (Å²) < 4.78 is 20.3. The van der Waals surface area contributed by atoms with Crippen molar-refractivity contribution >= 4 is 30.8 Å². The van der Waals surface area contributed by atoms with Crippen LogP contribution in [0.25, 0.3) is 5.57 Å². The van der Waals surface area contributed by atoms with E-state index in [2.05, 4.69) is 61.0 Å². The van der Waals surface area contributed by atoms with Crippen molar-refractivity contribution in [3.8, 4) is 16.5 Å². The first-order valence-electron chi connectivity index (χ1n) is 15.1. The van der Waals surface area contributed by atoms with E-state index in [4.69, 9.17) is 4.74 Å². The van der Waals surface area contributed by atoms with E-state index in [9.17, 15) is 14.3 Å². The molecule has 1 N–H and O–H groups in total. The number of halogens is 1. The summed E-state index contributed by atoms with van der Waals surface area (Å²) in [6.45, 7) is 4.95. The fraction of sp³-hybridized carbons (Fsp3) is 0.146. The number of fused-ring (bicyclic) bond motifs is 1. The Kier molecular flexibility index (Phi) is 9.33. The monoisotopic (exact) mass is 672 g/mol. The molecule has 5 aromatic carbocycles. The first-order chi connectivity index (χ1) is 22.3. The van der Waals surface area contributed by atoms with Crippen LogP contribution in [0.1, 0.15) is 70.1 Å². The van der Waals surface area contributed by atoms with Gasteiger partial charge in [-0.2, -0.15) is 0 Å². The topological polar surface area (TPSA) is 46.5 Å². The van der Waals surface area contributed by atoms with Gasteiger partial charge in [0.05, 0.1) is 0 Å². The number of hydrogen-bond donors (Lipinski definition) is 1. The predicted molar refractivity (Wildman–Crippen MR) is 183 cm³/mol. The van der Waals surface area contributed by atoms with Crippen molar-refractivity contribution < 1.29 is 19.0 Å². The molecule has 5 aromatic rings. The second-order valence-electron chi connectivity index (χ2n) is 11.9. The average molecular weight is 672 g/mol. The van der Waals surface area contributed by atoms with E-state index in [0.29, 0.717) is 17.7 Å². The quantitative estimate of drug-likeness (QED) is 0.104. The number of hydrogen-bond acceptors (Lipinski definition) is 3. The molecular formula is C41H33FO3Se.